The lowest BCUT2D eigenvalue weighted by atomic mass is 10.1. The van der Waals surface area contributed by atoms with Crippen molar-refractivity contribution >= 4 is 34.0 Å². The fraction of sp³-hybridized carbons (Fsp3) is 0.357. The van der Waals surface area contributed by atoms with E-state index in [4.69, 9.17) is 11.6 Å². The van der Waals surface area contributed by atoms with Crippen molar-refractivity contribution in [2.45, 2.75) is 13.3 Å². The average molecular weight is 308 g/mol. The monoisotopic (exact) mass is 307 g/mol. The quantitative estimate of drug-likeness (QED) is 0.819. The minimum absolute atomic E-state index is 0.0857. The summed E-state index contributed by atoms with van der Waals surface area (Å²) in [5, 5.41) is 9.86. The van der Waals surface area contributed by atoms with E-state index in [0.29, 0.717) is 24.0 Å². The zero-order chi connectivity index (χ0) is 14.1. The number of rotatable bonds is 3. The Hall–Kier alpha value is -1.46. The normalized spacial score (nSPS) is 18.8. The Morgan fingerprint density at radius 1 is 1.45 bits per heavy atom. The number of hydrogen-bond acceptors (Lipinski definition) is 4. The van der Waals surface area contributed by atoms with Crippen molar-refractivity contribution in [2.24, 2.45) is 5.92 Å². The van der Waals surface area contributed by atoms with Gasteiger partial charge in [-0.3, -0.25) is 9.69 Å². The van der Waals surface area contributed by atoms with Crippen molar-refractivity contribution in [3.8, 4) is 10.6 Å². The molecule has 0 spiro atoms. The largest absolute Gasteiger partial charge is 0.286 e. The molecule has 104 valence electrons. The lowest BCUT2D eigenvalue weighted by molar-refractivity contribution is -0.117. The Morgan fingerprint density at radius 2 is 2.30 bits per heavy atom. The molecule has 0 N–H and O–H groups in total. The van der Waals surface area contributed by atoms with Gasteiger partial charge in [-0.15, -0.1) is 21.8 Å². The molecular weight excluding hydrogens is 294 g/mol. The fourth-order valence-corrected chi connectivity index (χ4v) is 3.36. The molecule has 1 unspecified atom stereocenters. The number of alkyl halides is 1. The van der Waals surface area contributed by atoms with Crippen LogP contribution in [0.1, 0.15) is 12.0 Å². The Labute approximate surface area is 126 Å². The molecule has 1 atom stereocenters. The van der Waals surface area contributed by atoms with Crippen molar-refractivity contribution in [1.82, 2.24) is 10.2 Å². The highest BCUT2D eigenvalue weighted by Crippen LogP contribution is 2.32. The van der Waals surface area contributed by atoms with E-state index in [-0.39, 0.29) is 11.8 Å². The van der Waals surface area contributed by atoms with Gasteiger partial charge in [0.25, 0.3) is 0 Å². The van der Waals surface area contributed by atoms with Gasteiger partial charge in [-0.1, -0.05) is 35.1 Å². The van der Waals surface area contributed by atoms with E-state index in [9.17, 15) is 4.79 Å². The molecule has 4 nitrogen and oxygen atoms in total. The van der Waals surface area contributed by atoms with E-state index in [1.165, 1.54) is 16.9 Å². The summed E-state index contributed by atoms with van der Waals surface area (Å²) in [7, 11) is 0. The predicted molar refractivity (Wildman–Crippen MR) is 81.3 cm³/mol. The SMILES string of the molecule is Cc1cccc(-c2nnc(N3CC(CCl)CC3=O)s2)c1. The molecule has 0 bridgehead atoms. The van der Waals surface area contributed by atoms with Crippen LogP contribution in [-0.4, -0.2) is 28.5 Å². The Bertz CT molecular complexity index is 643. The van der Waals surface area contributed by atoms with Gasteiger partial charge in [0.2, 0.25) is 11.0 Å². The van der Waals surface area contributed by atoms with Crippen LogP contribution in [0.3, 0.4) is 0 Å². The number of nitrogens with zero attached hydrogens (tertiary/aromatic N) is 3. The highest BCUT2D eigenvalue weighted by Gasteiger charge is 2.32. The summed E-state index contributed by atoms with van der Waals surface area (Å²) in [6.45, 7) is 2.69. The highest BCUT2D eigenvalue weighted by atomic mass is 35.5. The molecule has 0 radical (unpaired) electrons. The number of hydrogen-bond donors (Lipinski definition) is 0. The molecule has 1 aliphatic rings. The van der Waals surface area contributed by atoms with Crippen LogP contribution in [0.2, 0.25) is 0 Å². The zero-order valence-electron chi connectivity index (χ0n) is 11.0. The van der Waals surface area contributed by atoms with E-state index in [1.54, 1.807) is 4.90 Å². The van der Waals surface area contributed by atoms with Gasteiger partial charge in [0, 0.05) is 24.4 Å². The first-order valence-corrected chi connectivity index (χ1v) is 7.79. The second kappa shape index (κ2) is 5.50. The smallest absolute Gasteiger partial charge is 0.229 e. The lowest BCUT2D eigenvalue weighted by Crippen LogP contribution is -2.24. The summed E-state index contributed by atoms with van der Waals surface area (Å²) in [4.78, 5) is 13.6. The number of anilines is 1. The first-order chi connectivity index (χ1) is 9.67. The molecule has 2 heterocycles. The Kier molecular flexibility index (Phi) is 3.72. The molecule has 1 amide bonds. The molecule has 1 saturated heterocycles. The van der Waals surface area contributed by atoms with Crippen LogP contribution in [0, 0.1) is 12.8 Å². The van der Waals surface area contributed by atoms with Crippen molar-refractivity contribution in [3.05, 3.63) is 29.8 Å². The van der Waals surface area contributed by atoms with Gasteiger partial charge < -0.3 is 0 Å². The van der Waals surface area contributed by atoms with Gasteiger partial charge in [-0.2, -0.15) is 0 Å². The standard InChI is InChI=1S/C14H14ClN3OS/c1-9-3-2-4-11(5-9)13-16-17-14(20-13)18-8-10(7-15)6-12(18)19/h2-5,10H,6-8H2,1H3. The van der Waals surface area contributed by atoms with Crippen LogP contribution in [0.5, 0.6) is 0 Å². The number of carbonyl (C=O) groups is 1. The van der Waals surface area contributed by atoms with Crippen LogP contribution in [0.4, 0.5) is 5.13 Å². The molecule has 6 heteroatoms. The summed E-state index contributed by atoms with van der Waals surface area (Å²) >= 11 is 7.28. The number of aryl methyl sites for hydroxylation is 1. The van der Waals surface area contributed by atoms with Gasteiger partial charge in [-0.25, -0.2) is 0 Å². The van der Waals surface area contributed by atoms with Gasteiger partial charge in [0.05, 0.1) is 0 Å². The second-order valence-corrected chi connectivity index (χ2v) is 6.25. The number of aromatic nitrogens is 2. The molecule has 2 aromatic rings. The number of benzene rings is 1. The van der Waals surface area contributed by atoms with E-state index < -0.39 is 0 Å². The molecule has 0 aliphatic carbocycles. The maximum absolute atomic E-state index is 12.0. The summed E-state index contributed by atoms with van der Waals surface area (Å²) < 4.78 is 0. The number of halogens is 1. The van der Waals surface area contributed by atoms with Crippen LogP contribution >= 0.6 is 22.9 Å². The average Bonchev–Trinajstić information content (AvgIpc) is 3.05. The predicted octanol–water partition coefficient (Wildman–Crippen LogP) is 3.11. The molecule has 3 rings (SSSR count). The van der Waals surface area contributed by atoms with E-state index >= 15 is 0 Å². The molecule has 20 heavy (non-hydrogen) atoms. The first kappa shape index (κ1) is 13.5. The zero-order valence-corrected chi connectivity index (χ0v) is 12.6. The minimum atomic E-state index is 0.0857. The van der Waals surface area contributed by atoms with Crippen molar-refractivity contribution < 1.29 is 4.79 Å². The van der Waals surface area contributed by atoms with Gasteiger partial charge >= 0.3 is 0 Å². The van der Waals surface area contributed by atoms with Gasteiger partial charge in [0.15, 0.2) is 0 Å². The summed E-state index contributed by atoms with van der Waals surface area (Å²) in [6.07, 6.45) is 0.503. The molecule has 1 aromatic carbocycles. The highest BCUT2D eigenvalue weighted by molar-refractivity contribution is 7.18. The number of amides is 1. The summed E-state index contributed by atoms with van der Waals surface area (Å²) in [5.41, 5.74) is 2.22. The number of carbonyl (C=O) groups excluding carboxylic acids is 1. The van der Waals surface area contributed by atoms with Crippen molar-refractivity contribution in [3.63, 3.8) is 0 Å². The van der Waals surface area contributed by atoms with E-state index in [1.807, 2.05) is 25.1 Å². The third kappa shape index (κ3) is 2.55. The van der Waals surface area contributed by atoms with Crippen molar-refractivity contribution in [2.75, 3.05) is 17.3 Å². The van der Waals surface area contributed by atoms with Crippen LogP contribution in [0.15, 0.2) is 24.3 Å². The van der Waals surface area contributed by atoms with Crippen LogP contribution in [0.25, 0.3) is 10.6 Å². The summed E-state index contributed by atoms with van der Waals surface area (Å²) in [6, 6.07) is 8.11. The van der Waals surface area contributed by atoms with Crippen LogP contribution < -0.4 is 4.90 Å². The van der Waals surface area contributed by atoms with Gasteiger partial charge in [-0.05, 0) is 18.9 Å². The second-order valence-electron chi connectivity index (χ2n) is 4.99. The third-order valence-corrected chi connectivity index (χ3v) is 4.77. The maximum atomic E-state index is 12.0. The minimum Gasteiger partial charge on any atom is -0.286 e. The molecule has 1 fully saturated rings. The summed E-state index contributed by atoms with van der Waals surface area (Å²) in [5.74, 6) is 0.810. The first-order valence-electron chi connectivity index (χ1n) is 6.44. The Balaban J connectivity index is 1.86. The molecule has 1 aromatic heterocycles. The van der Waals surface area contributed by atoms with E-state index in [2.05, 4.69) is 16.3 Å². The lowest BCUT2D eigenvalue weighted by Gasteiger charge is -2.10. The Morgan fingerprint density at radius 3 is 3.00 bits per heavy atom. The third-order valence-electron chi connectivity index (χ3n) is 3.33. The molecule has 1 aliphatic heterocycles. The fourth-order valence-electron chi connectivity index (χ4n) is 2.29. The molecular formula is C14H14ClN3OS. The molecule has 0 saturated carbocycles. The van der Waals surface area contributed by atoms with Gasteiger partial charge in [0.1, 0.15) is 5.01 Å². The van der Waals surface area contributed by atoms with E-state index in [0.717, 1.165) is 10.6 Å². The van der Waals surface area contributed by atoms with Crippen LogP contribution in [-0.2, 0) is 4.79 Å². The van der Waals surface area contributed by atoms with Crippen molar-refractivity contribution in [1.29, 1.82) is 0 Å². The maximum Gasteiger partial charge on any atom is 0.229 e. The topological polar surface area (TPSA) is 46.1 Å².